The van der Waals surface area contributed by atoms with Crippen molar-refractivity contribution < 1.29 is 9.72 Å². The zero-order valence-corrected chi connectivity index (χ0v) is 13.3. The molecule has 1 aromatic heterocycles. The fraction of sp³-hybridized carbons (Fsp3) is 0. The Balaban J connectivity index is 2.12. The first-order valence-corrected chi connectivity index (χ1v) is 7.45. The van der Waals surface area contributed by atoms with Gasteiger partial charge >= 0.3 is 0 Å². The quantitative estimate of drug-likeness (QED) is 0.394. The van der Waals surface area contributed by atoms with Crippen LogP contribution in [0.15, 0.2) is 59.2 Å². The lowest BCUT2D eigenvalue weighted by Gasteiger charge is -2.02. The third-order valence-electron chi connectivity index (χ3n) is 3.33. The van der Waals surface area contributed by atoms with Gasteiger partial charge in [0.2, 0.25) is 0 Å². The third kappa shape index (κ3) is 2.78. The fourth-order valence-corrected chi connectivity index (χ4v) is 2.78. The molecule has 0 atom stereocenters. The SMILES string of the molecule is O=Cc1c(-c2ccccc2)nn(-c2ccc([N+](=O)[O-])cc2)c1Br. The highest BCUT2D eigenvalue weighted by atomic mass is 79.9. The monoisotopic (exact) mass is 371 g/mol. The Labute approximate surface area is 139 Å². The molecule has 0 amide bonds. The van der Waals surface area contributed by atoms with Gasteiger partial charge in [-0.1, -0.05) is 30.3 Å². The summed E-state index contributed by atoms with van der Waals surface area (Å²) >= 11 is 3.38. The smallest absolute Gasteiger partial charge is 0.269 e. The molecule has 0 aliphatic rings. The number of carbonyl (C=O) groups is 1. The van der Waals surface area contributed by atoms with Crippen molar-refractivity contribution in [1.82, 2.24) is 9.78 Å². The van der Waals surface area contributed by atoms with E-state index in [1.165, 1.54) is 16.8 Å². The molecule has 0 saturated heterocycles. The maximum absolute atomic E-state index is 11.4. The molecule has 3 aromatic rings. The summed E-state index contributed by atoms with van der Waals surface area (Å²) in [5.74, 6) is 0. The molecule has 23 heavy (non-hydrogen) atoms. The molecule has 114 valence electrons. The minimum atomic E-state index is -0.464. The van der Waals surface area contributed by atoms with Gasteiger partial charge in [0, 0.05) is 17.7 Å². The Bertz CT molecular complexity index is 874. The molecule has 2 aromatic carbocycles. The van der Waals surface area contributed by atoms with Gasteiger partial charge in [-0.3, -0.25) is 14.9 Å². The van der Waals surface area contributed by atoms with Crippen LogP contribution in [-0.2, 0) is 0 Å². The molecule has 0 aliphatic carbocycles. The maximum Gasteiger partial charge on any atom is 0.269 e. The van der Waals surface area contributed by atoms with Crippen molar-refractivity contribution in [2.75, 3.05) is 0 Å². The maximum atomic E-state index is 11.4. The second-order valence-electron chi connectivity index (χ2n) is 4.72. The van der Waals surface area contributed by atoms with Crippen molar-refractivity contribution in [2.24, 2.45) is 0 Å². The topological polar surface area (TPSA) is 78.0 Å². The normalized spacial score (nSPS) is 10.5. The zero-order valence-electron chi connectivity index (χ0n) is 11.7. The van der Waals surface area contributed by atoms with Crippen LogP contribution in [0.4, 0.5) is 5.69 Å². The minimum absolute atomic E-state index is 0.00378. The van der Waals surface area contributed by atoms with Crippen molar-refractivity contribution in [3.8, 4) is 16.9 Å². The van der Waals surface area contributed by atoms with Gasteiger partial charge in [-0.2, -0.15) is 5.10 Å². The van der Waals surface area contributed by atoms with Gasteiger partial charge in [-0.15, -0.1) is 0 Å². The molecule has 0 N–H and O–H groups in total. The fourth-order valence-electron chi connectivity index (χ4n) is 2.21. The molecule has 0 aliphatic heterocycles. The van der Waals surface area contributed by atoms with Crippen molar-refractivity contribution in [2.45, 2.75) is 0 Å². The lowest BCUT2D eigenvalue weighted by atomic mass is 10.1. The lowest BCUT2D eigenvalue weighted by molar-refractivity contribution is -0.384. The summed E-state index contributed by atoms with van der Waals surface area (Å²) in [6.07, 6.45) is 0.737. The summed E-state index contributed by atoms with van der Waals surface area (Å²) in [7, 11) is 0. The number of halogens is 1. The van der Waals surface area contributed by atoms with Crippen LogP contribution in [0.5, 0.6) is 0 Å². The van der Waals surface area contributed by atoms with Gasteiger partial charge in [-0.05, 0) is 28.1 Å². The van der Waals surface area contributed by atoms with E-state index in [0.717, 1.165) is 11.8 Å². The Morgan fingerprint density at radius 1 is 1.09 bits per heavy atom. The first kappa shape index (κ1) is 15.1. The van der Waals surface area contributed by atoms with Crippen molar-refractivity contribution in [3.05, 3.63) is 74.9 Å². The number of rotatable bonds is 4. The van der Waals surface area contributed by atoms with Gasteiger partial charge in [0.25, 0.3) is 5.69 Å². The van der Waals surface area contributed by atoms with Gasteiger partial charge < -0.3 is 0 Å². The second kappa shape index (κ2) is 6.13. The number of nitrogens with zero attached hydrogens (tertiary/aromatic N) is 3. The first-order chi connectivity index (χ1) is 11.1. The molecule has 3 rings (SSSR count). The number of hydrogen-bond donors (Lipinski definition) is 0. The highest BCUT2D eigenvalue weighted by molar-refractivity contribution is 9.10. The molecule has 6 nitrogen and oxygen atoms in total. The summed E-state index contributed by atoms with van der Waals surface area (Å²) in [4.78, 5) is 21.7. The molecular formula is C16H10BrN3O3. The van der Waals surface area contributed by atoms with E-state index >= 15 is 0 Å². The number of nitro groups is 1. The number of nitro benzene ring substituents is 1. The predicted octanol–water partition coefficient (Wildman–Crippen LogP) is 4.02. The number of aldehydes is 1. The van der Waals surface area contributed by atoms with Gasteiger partial charge in [0.15, 0.2) is 6.29 Å². The zero-order chi connectivity index (χ0) is 16.4. The summed E-state index contributed by atoms with van der Waals surface area (Å²) in [5, 5.41) is 15.2. The van der Waals surface area contributed by atoms with E-state index in [1.54, 1.807) is 12.1 Å². The van der Waals surface area contributed by atoms with E-state index in [-0.39, 0.29) is 5.69 Å². The Hall–Kier alpha value is -2.80. The van der Waals surface area contributed by atoms with Crippen LogP contribution in [0.25, 0.3) is 16.9 Å². The Morgan fingerprint density at radius 3 is 2.30 bits per heavy atom. The van der Waals surface area contributed by atoms with Crippen LogP contribution in [0.3, 0.4) is 0 Å². The number of benzene rings is 2. The largest absolute Gasteiger partial charge is 0.298 e. The standard InChI is InChI=1S/C16H10BrN3O3/c17-16-14(10-21)15(11-4-2-1-3-5-11)18-19(16)12-6-8-13(9-7-12)20(22)23/h1-10H. The Morgan fingerprint density at radius 2 is 1.74 bits per heavy atom. The van der Waals surface area contributed by atoms with Gasteiger partial charge in [0.05, 0.1) is 16.2 Å². The van der Waals surface area contributed by atoms with E-state index < -0.39 is 4.92 Å². The van der Waals surface area contributed by atoms with Crippen LogP contribution < -0.4 is 0 Å². The molecule has 0 spiro atoms. The number of carbonyl (C=O) groups excluding carboxylic acids is 1. The average molecular weight is 372 g/mol. The molecule has 0 fully saturated rings. The Kier molecular flexibility index (Phi) is 4.03. The second-order valence-corrected chi connectivity index (χ2v) is 5.47. The molecule has 1 heterocycles. The lowest BCUT2D eigenvalue weighted by Crippen LogP contribution is -1.97. The van der Waals surface area contributed by atoms with Crippen molar-refractivity contribution >= 4 is 27.9 Å². The molecule has 7 heteroatoms. The van der Waals surface area contributed by atoms with Crippen LogP contribution >= 0.6 is 15.9 Å². The summed E-state index contributed by atoms with van der Waals surface area (Å²) in [6.45, 7) is 0. The molecule has 0 radical (unpaired) electrons. The number of hydrogen-bond acceptors (Lipinski definition) is 4. The first-order valence-electron chi connectivity index (χ1n) is 6.65. The summed E-state index contributed by atoms with van der Waals surface area (Å²) in [5.41, 5.74) is 2.40. The van der Waals surface area contributed by atoms with Crippen molar-refractivity contribution in [3.63, 3.8) is 0 Å². The van der Waals surface area contributed by atoms with Crippen LogP contribution in [-0.4, -0.2) is 21.0 Å². The van der Waals surface area contributed by atoms with Gasteiger partial charge in [-0.25, -0.2) is 4.68 Å². The highest BCUT2D eigenvalue weighted by Gasteiger charge is 2.18. The van der Waals surface area contributed by atoms with E-state index in [0.29, 0.717) is 21.5 Å². The van der Waals surface area contributed by atoms with Crippen LogP contribution in [0.1, 0.15) is 10.4 Å². The van der Waals surface area contributed by atoms with E-state index in [9.17, 15) is 14.9 Å². The van der Waals surface area contributed by atoms with Crippen molar-refractivity contribution in [1.29, 1.82) is 0 Å². The number of aromatic nitrogens is 2. The minimum Gasteiger partial charge on any atom is -0.298 e. The summed E-state index contributed by atoms with van der Waals surface area (Å²) in [6, 6.07) is 15.3. The number of non-ortho nitro benzene ring substituents is 1. The highest BCUT2D eigenvalue weighted by Crippen LogP contribution is 2.30. The molecular weight excluding hydrogens is 362 g/mol. The molecule has 0 bridgehead atoms. The van der Waals surface area contributed by atoms with Crippen LogP contribution in [0, 0.1) is 10.1 Å². The van der Waals surface area contributed by atoms with Gasteiger partial charge in [0.1, 0.15) is 10.3 Å². The summed E-state index contributed by atoms with van der Waals surface area (Å²) < 4.78 is 2.04. The van der Waals surface area contributed by atoms with E-state index in [4.69, 9.17) is 0 Å². The average Bonchev–Trinajstić information content (AvgIpc) is 2.92. The third-order valence-corrected chi connectivity index (χ3v) is 4.10. The molecule has 0 unspecified atom stereocenters. The van der Waals surface area contributed by atoms with Crippen LogP contribution in [0.2, 0.25) is 0 Å². The molecule has 0 saturated carbocycles. The van der Waals surface area contributed by atoms with E-state index in [1.807, 2.05) is 30.3 Å². The predicted molar refractivity (Wildman–Crippen MR) is 88.7 cm³/mol. The van der Waals surface area contributed by atoms with E-state index in [2.05, 4.69) is 21.0 Å².